The van der Waals surface area contributed by atoms with Gasteiger partial charge in [-0.15, -0.1) is 0 Å². The largest absolute Gasteiger partial charge is 0.389 e. The lowest BCUT2D eigenvalue weighted by molar-refractivity contribution is 0.0899. The molecule has 1 amide bonds. The average molecular weight is 355 g/mol. The van der Waals surface area contributed by atoms with Crippen molar-refractivity contribution in [2.75, 3.05) is 6.54 Å². The molecule has 0 aliphatic rings. The molecule has 1 unspecified atom stereocenters. The number of amides is 1. The van der Waals surface area contributed by atoms with Crippen LogP contribution in [0, 0.1) is 5.82 Å². The molecular formula is C19H18FN3O3. The van der Waals surface area contributed by atoms with Crippen molar-refractivity contribution < 1.29 is 14.3 Å². The Morgan fingerprint density at radius 3 is 2.69 bits per heavy atom. The number of nitrogens with zero attached hydrogens (tertiary/aromatic N) is 1. The summed E-state index contributed by atoms with van der Waals surface area (Å²) in [6, 6.07) is 12.3. The Bertz CT molecular complexity index is 947. The van der Waals surface area contributed by atoms with Crippen molar-refractivity contribution in [1.82, 2.24) is 14.9 Å². The summed E-state index contributed by atoms with van der Waals surface area (Å²) in [7, 11) is 0. The smallest absolute Gasteiger partial charge is 0.267 e. The number of nitrogens with one attached hydrogen (secondary N) is 2. The van der Waals surface area contributed by atoms with Gasteiger partial charge >= 0.3 is 0 Å². The fourth-order valence-electron chi connectivity index (χ4n) is 2.54. The van der Waals surface area contributed by atoms with Gasteiger partial charge in [0.25, 0.3) is 11.5 Å². The molecule has 26 heavy (non-hydrogen) atoms. The van der Waals surface area contributed by atoms with Crippen LogP contribution in [0.3, 0.4) is 0 Å². The molecule has 0 saturated heterocycles. The van der Waals surface area contributed by atoms with Crippen LogP contribution in [0.15, 0.2) is 65.7 Å². The van der Waals surface area contributed by atoms with E-state index in [1.165, 1.54) is 22.8 Å². The van der Waals surface area contributed by atoms with Crippen LogP contribution >= 0.6 is 0 Å². The molecule has 0 fully saturated rings. The standard InChI is InChI=1S/C19H18FN3O3/c20-15-6-4-13(5-7-15)14-9-17(21-10-14)19(26)22-11-16(24)12-23-8-2-1-3-18(23)25/h1-10,16,21,24H,11-12H2,(H,22,26). The Labute approximate surface area is 148 Å². The molecule has 0 spiro atoms. The lowest BCUT2D eigenvalue weighted by Gasteiger charge is -2.13. The van der Waals surface area contributed by atoms with E-state index in [1.54, 1.807) is 42.7 Å². The zero-order valence-electron chi connectivity index (χ0n) is 13.9. The minimum absolute atomic E-state index is 0.00503. The van der Waals surface area contributed by atoms with Crippen LogP contribution in [-0.4, -0.2) is 33.2 Å². The summed E-state index contributed by atoms with van der Waals surface area (Å²) in [4.78, 5) is 26.7. The van der Waals surface area contributed by atoms with Crippen molar-refractivity contribution in [3.63, 3.8) is 0 Å². The second-order valence-electron chi connectivity index (χ2n) is 5.86. The van der Waals surface area contributed by atoms with Crippen LogP contribution in [-0.2, 0) is 6.54 Å². The highest BCUT2D eigenvalue weighted by Crippen LogP contribution is 2.20. The number of carbonyl (C=O) groups is 1. The predicted octanol–water partition coefficient (Wildman–Crippen LogP) is 1.77. The highest BCUT2D eigenvalue weighted by Gasteiger charge is 2.12. The summed E-state index contributed by atoms with van der Waals surface area (Å²) < 4.78 is 14.3. The van der Waals surface area contributed by atoms with E-state index >= 15 is 0 Å². The molecular weight excluding hydrogens is 337 g/mol. The highest BCUT2D eigenvalue weighted by atomic mass is 19.1. The van der Waals surface area contributed by atoms with Crippen molar-refractivity contribution in [2.24, 2.45) is 0 Å². The van der Waals surface area contributed by atoms with Gasteiger partial charge in [0, 0.05) is 25.0 Å². The first-order chi connectivity index (χ1) is 12.5. The lowest BCUT2D eigenvalue weighted by Crippen LogP contribution is -2.36. The molecule has 0 radical (unpaired) electrons. The maximum atomic E-state index is 13.0. The van der Waals surface area contributed by atoms with Crippen molar-refractivity contribution >= 4 is 5.91 Å². The van der Waals surface area contributed by atoms with Gasteiger partial charge in [-0.05, 0) is 35.4 Å². The summed E-state index contributed by atoms with van der Waals surface area (Å²) in [5.74, 6) is -0.702. The van der Waals surface area contributed by atoms with Crippen LogP contribution in [0.1, 0.15) is 10.5 Å². The normalized spacial score (nSPS) is 11.9. The number of pyridine rings is 1. The van der Waals surface area contributed by atoms with Crippen molar-refractivity contribution in [2.45, 2.75) is 12.6 Å². The van der Waals surface area contributed by atoms with Gasteiger partial charge in [-0.3, -0.25) is 9.59 Å². The number of hydrogen-bond acceptors (Lipinski definition) is 3. The summed E-state index contributed by atoms with van der Waals surface area (Å²) >= 11 is 0. The number of benzene rings is 1. The minimum atomic E-state index is -0.898. The first-order valence-electron chi connectivity index (χ1n) is 8.09. The minimum Gasteiger partial charge on any atom is -0.389 e. The number of aliphatic hydroxyl groups is 1. The second-order valence-corrected chi connectivity index (χ2v) is 5.86. The second kappa shape index (κ2) is 7.79. The van der Waals surface area contributed by atoms with E-state index in [2.05, 4.69) is 10.3 Å². The first kappa shape index (κ1) is 17.6. The Kier molecular flexibility index (Phi) is 5.28. The average Bonchev–Trinajstić information content (AvgIpc) is 3.12. The van der Waals surface area contributed by atoms with Gasteiger partial charge in [0.15, 0.2) is 0 Å². The molecule has 7 heteroatoms. The number of aromatic nitrogens is 2. The molecule has 1 aromatic carbocycles. The zero-order chi connectivity index (χ0) is 18.5. The molecule has 1 atom stereocenters. The molecule has 134 valence electrons. The van der Waals surface area contributed by atoms with Crippen molar-refractivity contribution in [1.29, 1.82) is 0 Å². The maximum absolute atomic E-state index is 13.0. The highest BCUT2D eigenvalue weighted by molar-refractivity contribution is 5.93. The number of hydrogen-bond donors (Lipinski definition) is 3. The van der Waals surface area contributed by atoms with Crippen LogP contribution < -0.4 is 10.9 Å². The van der Waals surface area contributed by atoms with E-state index in [-0.39, 0.29) is 30.4 Å². The van der Waals surface area contributed by atoms with E-state index in [9.17, 15) is 19.1 Å². The topological polar surface area (TPSA) is 87.1 Å². The van der Waals surface area contributed by atoms with E-state index in [0.29, 0.717) is 5.69 Å². The number of carbonyl (C=O) groups excluding carboxylic acids is 1. The predicted molar refractivity (Wildman–Crippen MR) is 95.2 cm³/mol. The molecule has 0 saturated carbocycles. The lowest BCUT2D eigenvalue weighted by atomic mass is 10.1. The van der Waals surface area contributed by atoms with Gasteiger partial charge in [0.1, 0.15) is 11.5 Å². The third-order valence-electron chi connectivity index (χ3n) is 3.91. The molecule has 6 nitrogen and oxygen atoms in total. The Hall–Kier alpha value is -3.19. The molecule has 2 heterocycles. The van der Waals surface area contributed by atoms with Crippen molar-refractivity contribution in [3.05, 3.63) is 82.8 Å². The fraction of sp³-hybridized carbons (Fsp3) is 0.158. The number of H-pyrrole nitrogens is 1. The third kappa shape index (κ3) is 4.25. The molecule has 0 aliphatic carbocycles. The molecule has 3 N–H and O–H groups in total. The molecule has 0 bridgehead atoms. The van der Waals surface area contributed by atoms with Gasteiger partial charge in [0.05, 0.1) is 12.6 Å². The van der Waals surface area contributed by atoms with Gasteiger partial charge < -0.3 is 20.0 Å². The van der Waals surface area contributed by atoms with Gasteiger partial charge in [-0.1, -0.05) is 18.2 Å². The van der Waals surface area contributed by atoms with Gasteiger partial charge in [0.2, 0.25) is 0 Å². The number of aromatic amines is 1. The van der Waals surface area contributed by atoms with Crippen molar-refractivity contribution in [3.8, 4) is 11.1 Å². The van der Waals surface area contributed by atoms with Crippen LogP contribution in [0.4, 0.5) is 4.39 Å². The van der Waals surface area contributed by atoms with Gasteiger partial charge in [-0.25, -0.2) is 4.39 Å². The molecule has 0 aliphatic heterocycles. The molecule has 3 rings (SSSR count). The number of aliphatic hydroxyl groups excluding tert-OH is 1. The molecule has 2 aromatic heterocycles. The Balaban J connectivity index is 1.57. The fourth-order valence-corrected chi connectivity index (χ4v) is 2.54. The quantitative estimate of drug-likeness (QED) is 0.630. The van der Waals surface area contributed by atoms with E-state index in [1.807, 2.05) is 0 Å². The monoisotopic (exact) mass is 355 g/mol. The third-order valence-corrected chi connectivity index (χ3v) is 3.91. The van der Waals surface area contributed by atoms with E-state index < -0.39 is 6.10 Å². The van der Waals surface area contributed by atoms with Gasteiger partial charge in [-0.2, -0.15) is 0 Å². The Morgan fingerprint density at radius 1 is 1.19 bits per heavy atom. The summed E-state index contributed by atoms with van der Waals surface area (Å²) in [5, 5.41) is 12.6. The van der Waals surface area contributed by atoms with E-state index in [4.69, 9.17) is 0 Å². The Morgan fingerprint density at radius 2 is 1.96 bits per heavy atom. The van der Waals surface area contributed by atoms with Crippen LogP contribution in [0.5, 0.6) is 0 Å². The zero-order valence-corrected chi connectivity index (χ0v) is 13.9. The number of rotatable bonds is 6. The SMILES string of the molecule is O=C(NCC(O)Cn1ccccc1=O)c1cc(-c2ccc(F)cc2)c[nH]1. The molecule has 3 aromatic rings. The van der Waals surface area contributed by atoms with Crippen LogP contribution in [0.2, 0.25) is 0 Å². The van der Waals surface area contributed by atoms with E-state index in [0.717, 1.165) is 11.1 Å². The summed E-state index contributed by atoms with van der Waals surface area (Å²) in [5.41, 5.74) is 1.65. The first-order valence-corrected chi connectivity index (χ1v) is 8.09. The summed E-state index contributed by atoms with van der Waals surface area (Å²) in [6.45, 7) is 0.0938. The maximum Gasteiger partial charge on any atom is 0.267 e. The summed E-state index contributed by atoms with van der Waals surface area (Å²) in [6.07, 6.45) is 2.33. The van der Waals surface area contributed by atoms with Crippen LogP contribution in [0.25, 0.3) is 11.1 Å². The number of halogens is 1.